The van der Waals surface area contributed by atoms with Gasteiger partial charge in [-0.3, -0.25) is 14.3 Å². The van der Waals surface area contributed by atoms with Crippen LogP contribution in [0.1, 0.15) is 38.0 Å². The van der Waals surface area contributed by atoms with Crippen molar-refractivity contribution < 1.29 is 19.1 Å². The van der Waals surface area contributed by atoms with E-state index < -0.39 is 23.2 Å². The van der Waals surface area contributed by atoms with Crippen molar-refractivity contribution in [2.75, 3.05) is 7.11 Å². The number of nitrogens with zero attached hydrogens (tertiary/aromatic N) is 2. The Morgan fingerprint density at radius 2 is 2.07 bits per heavy atom. The fourth-order valence-corrected chi connectivity index (χ4v) is 2.39. The summed E-state index contributed by atoms with van der Waals surface area (Å²) in [7, 11) is 1.39. The maximum atomic E-state index is 13.5. The first-order chi connectivity index (χ1) is 12.7. The predicted molar refractivity (Wildman–Crippen MR) is 97.7 cm³/mol. The third kappa shape index (κ3) is 5.04. The summed E-state index contributed by atoms with van der Waals surface area (Å²) < 4.78 is 19.8. The van der Waals surface area contributed by atoms with Crippen LogP contribution in [0.25, 0.3) is 0 Å². The number of oxime groups is 1. The molecular formula is C18H22FN3O5. The predicted octanol–water partition coefficient (Wildman–Crippen LogP) is 1.57. The Bertz CT molecular complexity index is 949. The molecule has 8 nitrogen and oxygen atoms in total. The van der Waals surface area contributed by atoms with Crippen LogP contribution in [0.2, 0.25) is 0 Å². The van der Waals surface area contributed by atoms with Gasteiger partial charge in [0.15, 0.2) is 0 Å². The molecule has 0 fully saturated rings. The third-order valence-corrected chi connectivity index (χ3v) is 3.72. The summed E-state index contributed by atoms with van der Waals surface area (Å²) in [6.45, 7) is 4.91. The highest BCUT2D eigenvalue weighted by Crippen LogP contribution is 2.26. The van der Waals surface area contributed by atoms with Crippen LogP contribution in [0.3, 0.4) is 0 Å². The number of rotatable bonds is 7. The molecule has 2 aromatic rings. The number of hydrogen-bond donors (Lipinski definition) is 2. The molecule has 1 heterocycles. The van der Waals surface area contributed by atoms with E-state index >= 15 is 0 Å². The average molecular weight is 379 g/mol. The topological polar surface area (TPSA) is 106 Å². The van der Waals surface area contributed by atoms with Crippen molar-refractivity contribution in [3.63, 3.8) is 0 Å². The SMILES string of the molecule is COc1ccc(F)cc1C(O)Cn1cc(/C(C)=N/OC(C)C)c(=O)[nH]c1=O. The van der Waals surface area contributed by atoms with Crippen molar-refractivity contribution in [2.24, 2.45) is 5.16 Å². The normalized spacial score (nSPS) is 12.9. The Morgan fingerprint density at radius 3 is 2.70 bits per heavy atom. The lowest BCUT2D eigenvalue weighted by atomic mass is 10.1. The minimum absolute atomic E-state index is 0.119. The molecule has 1 unspecified atom stereocenters. The monoisotopic (exact) mass is 379 g/mol. The number of hydrogen-bond acceptors (Lipinski definition) is 6. The molecule has 1 atom stereocenters. The molecule has 1 aromatic carbocycles. The van der Waals surface area contributed by atoms with Crippen LogP contribution in [-0.2, 0) is 11.4 Å². The van der Waals surface area contributed by atoms with Gasteiger partial charge in [0, 0.05) is 11.8 Å². The van der Waals surface area contributed by atoms with Crippen molar-refractivity contribution in [1.82, 2.24) is 9.55 Å². The molecule has 9 heteroatoms. The molecule has 0 saturated carbocycles. The highest BCUT2D eigenvalue weighted by molar-refractivity contribution is 5.97. The minimum atomic E-state index is -1.24. The van der Waals surface area contributed by atoms with E-state index in [1.165, 1.54) is 25.4 Å². The average Bonchev–Trinajstić information content (AvgIpc) is 2.61. The highest BCUT2D eigenvalue weighted by Gasteiger charge is 2.17. The Kier molecular flexibility index (Phi) is 6.51. The van der Waals surface area contributed by atoms with Gasteiger partial charge in [0.05, 0.1) is 24.9 Å². The number of aliphatic hydroxyl groups excluding tert-OH is 1. The summed E-state index contributed by atoms with van der Waals surface area (Å²) in [5.41, 5.74) is -0.755. The van der Waals surface area contributed by atoms with E-state index in [1.54, 1.807) is 20.8 Å². The first-order valence-corrected chi connectivity index (χ1v) is 8.29. The zero-order chi connectivity index (χ0) is 20.1. The van der Waals surface area contributed by atoms with Crippen molar-refractivity contribution in [3.8, 4) is 5.75 Å². The van der Waals surface area contributed by atoms with Gasteiger partial charge < -0.3 is 14.7 Å². The fourth-order valence-electron chi connectivity index (χ4n) is 2.39. The molecule has 0 spiro atoms. The van der Waals surface area contributed by atoms with Gasteiger partial charge in [-0.2, -0.15) is 0 Å². The second-order valence-electron chi connectivity index (χ2n) is 6.19. The van der Waals surface area contributed by atoms with Crippen LogP contribution in [0, 0.1) is 5.82 Å². The lowest BCUT2D eigenvalue weighted by Crippen LogP contribution is -2.34. The molecule has 1 aromatic heterocycles. The lowest BCUT2D eigenvalue weighted by Gasteiger charge is -2.16. The Balaban J connectivity index is 2.38. The molecule has 2 rings (SSSR count). The summed E-state index contributed by atoms with van der Waals surface area (Å²) >= 11 is 0. The van der Waals surface area contributed by atoms with Crippen molar-refractivity contribution >= 4 is 5.71 Å². The van der Waals surface area contributed by atoms with Crippen molar-refractivity contribution in [3.05, 3.63) is 62.2 Å². The van der Waals surface area contributed by atoms with Gasteiger partial charge in [-0.25, -0.2) is 9.18 Å². The number of aromatic nitrogens is 2. The first kappa shape index (κ1) is 20.4. The first-order valence-electron chi connectivity index (χ1n) is 8.29. The highest BCUT2D eigenvalue weighted by atomic mass is 19.1. The van der Waals surface area contributed by atoms with Gasteiger partial charge in [-0.15, -0.1) is 0 Å². The van der Waals surface area contributed by atoms with E-state index in [-0.39, 0.29) is 35.2 Å². The van der Waals surface area contributed by atoms with Crippen LogP contribution in [-0.4, -0.2) is 33.6 Å². The summed E-state index contributed by atoms with van der Waals surface area (Å²) in [5, 5.41) is 14.3. The van der Waals surface area contributed by atoms with Gasteiger partial charge in [0.1, 0.15) is 23.8 Å². The molecule has 0 aliphatic carbocycles. The summed E-state index contributed by atoms with van der Waals surface area (Å²) in [4.78, 5) is 31.4. The van der Waals surface area contributed by atoms with E-state index in [0.717, 1.165) is 10.6 Å². The molecule has 27 heavy (non-hydrogen) atoms. The van der Waals surface area contributed by atoms with Gasteiger partial charge >= 0.3 is 5.69 Å². The molecule has 0 saturated heterocycles. The zero-order valence-electron chi connectivity index (χ0n) is 15.5. The van der Waals surface area contributed by atoms with E-state index in [0.29, 0.717) is 0 Å². The number of halogens is 1. The smallest absolute Gasteiger partial charge is 0.328 e. The molecule has 0 amide bonds. The molecule has 0 radical (unpaired) electrons. The van der Waals surface area contributed by atoms with Crippen LogP contribution < -0.4 is 16.0 Å². The van der Waals surface area contributed by atoms with Crippen LogP contribution in [0.4, 0.5) is 4.39 Å². The standard InChI is InChI=1S/C18H22FN3O5/c1-10(2)27-21-11(3)14-8-22(18(25)20-17(14)24)9-15(23)13-7-12(19)5-6-16(13)26-4/h5-8,10,15,23H,9H2,1-4H3,(H,20,24,25)/b21-11+. The maximum absolute atomic E-state index is 13.5. The van der Waals surface area contributed by atoms with E-state index in [9.17, 15) is 19.1 Å². The van der Waals surface area contributed by atoms with Gasteiger partial charge in [-0.05, 0) is 39.0 Å². The van der Waals surface area contributed by atoms with E-state index in [4.69, 9.17) is 9.57 Å². The Morgan fingerprint density at radius 1 is 1.37 bits per heavy atom. The molecule has 0 bridgehead atoms. The molecule has 0 aliphatic heterocycles. The molecule has 146 valence electrons. The summed E-state index contributed by atoms with van der Waals surface area (Å²) in [6.07, 6.45) is -0.137. The van der Waals surface area contributed by atoms with Gasteiger partial charge in [-0.1, -0.05) is 5.16 Å². The van der Waals surface area contributed by atoms with Gasteiger partial charge in [0.2, 0.25) is 0 Å². The Labute approximate surface area is 154 Å². The van der Waals surface area contributed by atoms with E-state index in [1.807, 2.05) is 0 Å². The number of methoxy groups -OCH3 is 1. The second-order valence-corrected chi connectivity index (χ2v) is 6.19. The number of H-pyrrole nitrogens is 1. The maximum Gasteiger partial charge on any atom is 0.328 e. The number of aromatic amines is 1. The molecular weight excluding hydrogens is 357 g/mol. The largest absolute Gasteiger partial charge is 0.496 e. The van der Waals surface area contributed by atoms with Crippen LogP contribution >= 0.6 is 0 Å². The number of nitrogens with one attached hydrogen (secondary N) is 1. The zero-order valence-corrected chi connectivity index (χ0v) is 15.5. The van der Waals surface area contributed by atoms with E-state index in [2.05, 4.69) is 10.1 Å². The lowest BCUT2D eigenvalue weighted by molar-refractivity contribution is 0.0860. The molecule has 2 N–H and O–H groups in total. The van der Waals surface area contributed by atoms with Gasteiger partial charge in [0.25, 0.3) is 5.56 Å². The Hall–Kier alpha value is -2.94. The minimum Gasteiger partial charge on any atom is -0.496 e. The number of aliphatic hydroxyl groups is 1. The van der Waals surface area contributed by atoms with Crippen molar-refractivity contribution in [1.29, 1.82) is 0 Å². The summed E-state index contributed by atoms with van der Waals surface area (Å²) in [6, 6.07) is 3.72. The fraction of sp³-hybridized carbons (Fsp3) is 0.389. The van der Waals surface area contributed by atoms with Crippen molar-refractivity contribution in [2.45, 2.75) is 39.5 Å². The number of benzene rings is 1. The number of ether oxygens (including phenoxy) is 1. The summed E-state index contributed by atoms with van der Waals surface area (Å²) in [5.74, 6) is -0.266. The quantitative estimate of drug-likeness (QED) is 0.561. The molecule has 0 aliphatic rings. The third-order valence-electron chi connectivity index (χ3n) is 3.72. The van der Waals surface area contributed by atoms with Crippen LogP contribution in [0.5, 0.6) is 5.75 Å². The second kappa shape index (κ2) is 8.63. The van der Waals surface area contributed by atoms with Crippen LogP contribution in [0.15, 0.2) is 39.1 Å².